The van der Waals surface area contributed by atoms with Gasteiger partial charge in [0.2, 0.25) is 0 Å². The minimum atomic E-state index is -4.80. The molecule has 11 atom stereocenters. The highest BCUT2D eigenvalue weighted by molar-refractivity contribution is 7.81. The number of hydrogen-bond donors (Lipinski definition) is 3. The van der Waals surface area contributed by atoms with Crippen molar-refractivity contribution in [3.63, 3.8) is 0 Å². The number of aliphatic hydroxyl groups is 1. The Bertz CT molecular complexity index is 1590. The minimum absolute atomic E-state index is 0.0284. The van der Waals surface area contributed by atoms with Crippen LogP contribution in [0.1, 0.15) is 142 Å². The van der Waals surface area contributed by atoms with Gasteiger partial charge in [0.05, 0.1) is 11.7 Å². The topological polar surface area (TPSA) is 130 Å². The van der Waals surface area contributed by atoms with Crippen molar-refractivity contribution in [3.8, 4) is 5.75 Å². The molecule has 0 aromatic heterocycles. The van der Waals surface area contributed by atoms with Gasteiger partial charge >= 0.3 is 16.4 Å². The van der Waals surface area contributed by atoms with Crippen molar-refractivity contribution >= 4 is 16.4 Å². The van der Waals surface area contributed by atoms with E-state index in [1.807, 2.05) is 0 Å². The summed E-state index contributed by atoms with van der Waals surface area (Å²) in [4.78, 5) is 12.0. The largest absolute Gasteiger partial charge is 0.479 e. The number of aliphatic hydroxyl groups excluding tert-OH is 1. The van der Waals surface area contributed by atoms with Crippen LogP contribution in [0.5, 0.6) is 5.75 Å². The van der Waals surface area contributed by atoms with Crippen LogP contribution in [0.25, 0.3) is 0 Å². The van der Waals surface area contributed by atoms with Crippen LogP contribution in [0.15, 0.2) is 12.1 Å². The molecule has 1 aliphatic heterocycles. The molecule has 7 rings (SSSR count). The molecular weight excluding hydrogens is 616 g/mol. The quantitative estimate of drug-likeness (QED) is 0.276. The van der Waals surface area contributed by atoms with E-state index in [4.69, 9.17) is 8.92 Å². The van der Waals surface area contributed by atoms with Gasteiger partial charge in [-0.2, -0.15) is 8.42 Å². The summed E-state index contributed by atoms with van der Waals surface area (Å²) in [5.41, 5.74) is 1.39. The number of carbonyl (C=O) groups is 1. The second-order valence-electron chi connectivity index (χ2n) is 18.3. The summed E-state index contributed by atoms with van der Waals surface area (Å²) in [5, 5.41) is 20.7. The van der Waals surface area contributed by atoms with E-state index >= 15 is 0 Å². The fraction of sp³-hybridized carbons (Fsp3) is 0.816. The van der Waals surface area contributed by atoms with Crippen molar-refractivity contribution in [2.75, 3.05) is 0 Å². The molecule has 1 saturated heterocycles. The monoisotopic (exact) mass is 672 g/mol. The number of benzene rings is 1. The predicted octanol–water partition coefficient (Wildman–Crippen LogP) is 7.81. The molecule has 0 amide bonds. The van der Waals surface area contributed by atoms with Crippen molar-refractivity contribution in [2.45, 2.75) is 149 Å². The second kappa shape index (κ2) is 10.4. The molecule has 3 N–H and O–H groups in total. The summed E-state index contributed by atoms with van der Waals surface area (Å²) in [7, 11) is -4.80. The van der Waals surface area contributed by atoms with E-state index in [0.29, 0.717) is 40.9 Å². The van der Waals surface area contributed by atoms with E-state index in [1.54, 1.807) is 0 Å². The molecule has 0 radical (unpaired) electrons. The number of aliphatic carboxylic acids is 1. The SMILES string of the molecule is C[C@@H]1CCCC(C)(C)[C@@]12CC[C@@]1(C)[C@@H]3CC[C@]4(C)[C@H](CC[C@]5(C)c6c(C(O)C(=O)O)ccc(OS(=O)(=O)O)c6C[C@@H]45)[C@@]3(C)CC[C@@H]1O2. The van der Waals surface area contributed by atoms with Crippen LogP contribution in [0, 0.1) is 45.3 Å². The Morgan fingerprint density at radius 3 is 2.17 bits per heavy atom. The summed E-state index contributed by atoms with van der Waals surface area (Å²) in [5.74, 6) is 0.343. The third-order valence-corrected chi connectivity index (χ3v) is 16.5. The van der Waals surface area contributed by atoms with Crippen molar-refractivity contribution in [1.29, 1.82) is 0 Å². The summed E-state index contributed by atoms with van der Waals surface area (Å²) in [6.45, 7) is 17.0. The zero-order valence-corrected chi connectivity index (χ0v) is 30.2. The van der Waals surface area contributed by atoms with Gasteiger partial charge < -0.3 is 19.1 Å². The average molecular weight is 673 g/mol. The van der Waals surface area contributed by atoms with Gasteiger partial charge in [-0.3, -0.25) is 4.55 Å². The maximum atomic E-state index is 12.0. The number of carboxylic acids is 1. The number of rotatable bonds is 4. The maximum Gasteiger partial charge on any atom is 0.446 e. The molecule has 9 heteroatoms. The van der Waals surface area contributed by atoms with Crippen LogP contribution < -0.4 is 4.18 Å². The molecule has 47 heavy (non-hydrogen) atoms. The molecule has 0 bridgehead atoms. The van der Waals surface area contributed by atoms with Gasteiger partial charge in [0.15, 0.2) is 6.10 Å². The lowest BCUT2D eigenvalue weighted by Crippen LogP contribution is -2.68. The first kappa shape index (κ1) is 33.8. The van der Waals surface area contributed by atoms with Gasteiger partial charge in [-0.15, -0.1) is 0 Å². The Labute approximate surface area is 281 Å². The van der Waals surface area contributed by atoms with E-state index in [1.165, 1.54) is 37.8 Å². The maximum absolute atomic E-state index is 12.0. The molecule has 1 heterocycles. The number of carboxylic acid groups (broad SMARTS) is 1. The minimum Gasteiger partial charge on any atom is -0.479 e. The molecule has 4 saturated carbocycles. The van der Waals surface area contributed by atoms with E-state index in [9.17, 15) is 28.0 Å². The summed E-state index contributed by atoms with van der Waals surface area (Å²) < 4.78 is 46.0. The van der Waals surface area contributed by atoms with Crippen molar-refractivity contribution in [3.05, 3.63) is 28.8 Å². The molecule has 5 fully saturated rings. The number of fused-ring (bicyclic) bond motifs is 9. The van der Waals surface area contributed by atoms with Gasteiger partial charge in [0.25, 0.3) is 0 Å². The van der Waals surface area contributed by atoms with Crippen LogP contribution in [0.2, 0.25) is 0 Å². The lowest BCUT2D eigenvalue weighted by molar-refractivity contribution is -0.304. The first-order valence-electron chi connectivity index (χ1n) is 18.2. The molecule has 5 aliphatic carbocycles. The molecule has 262 valence electrons. The van der Waals surface area contributed by atoms with Crippen LogP contribution in [0.4, 0.5) is 0 Å². The summed E-state index contributed by atoms with van der Waals surface area (Å²) >= 11 is 0. The molecule has 1 spiro atoms. The van der Waals surface area contributed by atoms with Crippen LogP contribution >= 0.6 is 0 Å². The van der Waals surface area contributed by atoms with Crippen molar-refractivity contribution in [1.82, 2.24) is 0 Å². The molecule has 1 aromatic carbocycles. The Morgan fingerprint density at radius 2 is 1.51 bits per heavy atom. The Morgan fingerprint density at radius 1 is 0.872 bits per heavy atom. The van der Waals surface area contributed by atoms with Crippen molar-refractivity contribution < 1.29 is 36.9 Å². The van der Waals surface area contributed by atoms with Gasteiger partial charge in [-0.1, -0.05) is 61.0 Å². The normalized spacial score (nSPS) is 45.9. The van der Waals surface area contributed by atoms with E-state index < -0.39 is 27.9 Å². The average Bonchev–Trinajstić information content (AvgIpc) is 3.30. The second-order valence-corrected chi connectivity index (χ2v) is 19.4. The molecule has 1 aromatic rings. The zero-order chi connectivity index (χ0) is 34.2. The highest BCUT2D eigenvalue weighted by Gasteiger charge is 2.70. The standard InChI is InChI=1S/C38H56O8S/c1-22-9-8-15-33(2,3)38(22)20-19-36(6)27-12-16-35(5)26(34(27,4)18-14-29(36)45-38)13-17-37(7)28(35)21-24-25(46-47(42,43)44)11-10-23(30(24)37)31(39)32(40)41/h10-11,22,26-29,31,39H,8-9,12-21H2,1-7H3,(H,40,41)(H,42,43,44)/t22-,26-,27-,28+,29+,31?,34-,35-,36+,37+,38-/m1/s1. The molecule has 1 unspecified atom stereocenters. The Balaban J connectivity index is 1.24. The van der Waals surface area contributed by atoms with Crippen LogP contribution in [0.3, 0.4) is 0 Å². The number of hydrogen-bond acceptors (Lipinski definition) is 6. The predicted molar refractivity (Wildman–Crippen MR) is 178 cm³/mol. The molecule has 8 nitrogen and oxygen atoms in total. The smallest absolute Gasteiger partial charge is 0.446 e. The van der Waals surface area contributed by atoms with E-state index in [0.717, 1.165) is 44.9 Å². The van der Waals surface area contributed by atoms with E-state index in [2.05, 4.69) is 48.5 Å². The lowest BCUT2D eigenvalue weighted by atomic mass is 9.36. The Kier molecular flexibility index (Phi) is 7.50. The number of ether oxygens (including phenoxy) is 1. The third kappa shape index (κ3) is 4.53. The summed E-state index contributed by atoms with van der Waals surface area (Å²) in [6.07, 6.45) is 11.3. The van der Waals surface area contributed by atoms with Gasteiger partial charge in [0, 0.05) is 5.56 Å². The highest BCUT2D eigenvalue weighted by atomic mass is 32.3. The Hall–Kier alpha value is -1.68. The zero-order valence-electron chi connectivity index (χ0n) is 29.4. The summed E-state index contributed by atoms with van der Waals surface area (Å²) in [6, 6.07) is 2.85. The van der Waals surface area contributed by atoms with Crippen molar-refractivity contribution in [2.24, 2.45) is 45.3 Å². The molecular formula is C38H56O8S. The van der Waals surface area contributed by atoms with Gasteiger partial charge in [0.1, 0.15) is 5.75 Å². The third-order valence-electron chi connectivity index (χ3n) is 16.1. The lowest BCUT2D eigenvalue weighted by Gasteiger charge is -2.71. The highest BCUT2D eigenvalue weighted by Crippen LogP contribution is 2.75. The first-order valence-corrected chi connectivity index (χ1v) is 19.5. The van der Waals surface area contributed by atoms with Crippen LogP contribution in [-0.2, 0) is 31.8 Å². The fourth-order valence-corrected chi connectivity index (χ4v) is 14.3. The molecule has 6 aliphatic rings. The fourth-order valence-electron chi connectivity index (χ4n) is 14.0. The first-order chi connectivity index (χ1) is 21.7. The van der Waals surface area contributed by atoms with Gasteiger partial charge in [-0.05, 0) is 139 Å². The van der Waals surface area contributed by atoms with E-state index in [-0.39, 0.29) is 45.0 Å². The van der Waals surface area contributed by atoms with Crippen LogP contribution in [-0.4, -0.2) is 40.9 Å². The van der Waals surface area contributed by atoms with Gasteiger partial charge in [-0.25, -0.2) is 4.79 Å².